The van der Waals surface area contributed by atoms with Crippen molar-refractivity contribution in [3.05, 3.63) is 71.8 Å². The van der Waals surface area contributed by atoms with E-state index in [4.69, 9.17) is 9.47 Å². The lowest BCUT2D eigenvalue weighted by molar-refractivity contribution is -1.02. The molecule has 0 radical (unpaired) electrons. The molecule has 2 aliphatic rings. The quantitative estimate of drug-likeness (QED) is 0.534. The SMILES string of the molecule is O=C(C[NH+]1CC[NH+](Cc2cccc3ccccc23)CC1)NCc1ccc2c(c1)OCO2. The summed E-state index contributed by atoms with van der Waals surface area (Å²) >= 11 is 0. The highest BCUT2D eigenvalue weighted by atomic mass is 16.7. The van der Waals surface area contributed by atoms with Crippen LogP contribution in [0, 0.1) is 0 Å². The lowest BCUT2D eigenvalue weighted by atomic mass is 10.0. The van der Waals surface area contributed by atoms with Crippen molar-refractivity contribution in [3.8, 4) is 11.5 Å². The van der Waals surface area contributed by atoms with Gasteiger partial charge in [0.15, 0.2) is 18.0 Å². The third-order valence-corrected chi connectivity index (χ3v) is 6.32. The lowest BCUT2D eigenvalue weighted by Gasteiger charge is -2.29. The number of carbonyl (C=O) groups excluding carboxylic acids is 1. The minimum atomic E-state index is 0.102. The van der Waals surface area contributed by atoms with Crippen LogP contribution in [-0.2, 0) is 17.9 Å². The van der Waals surface area contributed by atoms with Gasteiger partial charge in [0, 0.05) is 12.1 Å². The molecular weight excluding hydrogens is 390 g/mol. The normalized spacial score (nSPS) is 20.0. The van der Waals surface area contributed by atoms with Crippen LogP contribution < -0.4 is 24.6 Å². The predicted octanol–water partition coefficient (Wildman–Crippen LogP) is 0.168. The van der Waals surface area contributed by atoms with Gasteiger partial charge in [0.2, 0.25) is 6.79 Å². The average Bonchev–Trinajstić information content (AvgIpc) is 3.27. The smallest absolute Gasteiger partial charge is 0.275 e. The molecule has 160 valence electrons. The molecule has 0 atom stereocenters. The molecule has 5 rings (SSSR count). The van der Waals surface area contributed by atoms with Gasteiger partial charge in [-0.25, -0.2) is 0 Å². The van der Waals surface area contributed by atoms with Crippen LogP contribution in [0.3, 0.4) is 0 Å². The third kappa shape index (κ3) is 4.65. The molecule has 1 saturated heterocycles. The maximum atomic E-state index is 12.4. The highest BCUT2D eigenvalue weighted by Gasteiger charge is 2.25. The van der Waals surface area contributed by atoms with Crippen molar-refractivity contribution in [2.45, 2.75) is 13.1 Å². The van der Waals surface area contributed by atoms with E-state index in [1.54, 1.807) is 4.90 Å². The Balaban J connectivity index is 1.08. The Morgan fingerprint density at radius 2 is 1.65 bits per heavy atom. The summed E-state index contributed by atoms with van der Waals surface area (Å²) in [5.41, 5.74) is 2.44. The van der Waals surface area contributed by atoms with Gasteiger partial charge in [-0.15, -0.1) is 0 Å². The Hall–Kier alpha value is -3.09. The summed E-state index contributed by atoms with van der Waals surface area (Å²) < 4.78 is 10.7. The number of fused-ring (bicyclic) bond motifs is 2. The minimum Gasteiger partial charge on any atom is -0.454 e. The van der Waals surface area contributed by atoms with Crippen LogP contribution in [-0.4, -0.2) is 45.4 Å². The number of hydrogen-bond acceptors (Lipinski definition) is 3. The van der Waals surface area contributed by atoms with E-state index in [1.807, 2.05) is 18.2 Å². The number of rotatable bonds is 6. The van der Waals surface area contributed by atoms with Gasteiger partial charge < -0.3 is 24.6 Å². The number of piperazine rings is 1. The molecule has 0 unspecified atom stereocenters. The first-order valence-corrected chi connectivity index (χ1v) is 11.0. The molecule has 0 aliphatic carbocycles. The van der Waals surface area contributed by atoms with Crippen LogP contribution in [0.1, 0.15) is 11.1 Å². The monoisotopic (exact) mass is 419 g/mol. The number of carbonyl (C=O) groups is 1. The Bertz CT molecular complexity index is 1070. The van der Waals surface area contributed by atoms with Crippen molar-refractivity contribution in [1.29, 1.82) is 0 Å². The topological polar surface area (TPSA) is 56.4 Å². The molecule has 1 fully saturated rings. The summed E-state index contributed by atoms with van der Waals surface area (Å²) in [6, 6.07) is 21.0. The van der Waals surface area contributed by atoms with Gasteiger partial charge in [-0.3, -0.25) is 4.79 Å². The summed E-state index contributed by atoms with van der Waals surface area (Å²) in [5.74, 6) is 1.62. The molecule has 2 aliphatic heterocycles. The molecule has 6 nitrogen and oxygen atoms in total. The Labute approximate surface area is 182 Å². The van der Waals surface area contributed by atoms with E-state index in [1.165, 1.54) is 21.2 Å². The molecule has 3 aromatic rings. The van der Waals surface area contributed by atoms with Crippen molar-refractivity contribution in [1.82, 2.24) is 5.32 Å². The summed E-state index contributed by atoms with van der Waals surface area (Å²) in [7, 11) is 0. The van der Waals surface area contributed by atoms with Crippen molar-refractivity contribution >= 4 is 16.7 Å². The van der Waals surface area contributed by atoms with Crippen LogP contribution in [0.5, 0.6) is 11.5 Å². The standard InChI is InChI=1S/C25H27N3O3/c29-25(26-15-19-8-9-23-24(14-19)31-18-30-23)17-28-12-10-27(11-13-28)16-21-6-3-5-20-4-1-2-7-22(20)21/h1-9,14H,10-13,15-18H2,(H,26,29)/p+2. The number of hydrogen-bond donors (Lipinski definition) is 3. The minimum absolute atomic E-state index is 0.102. The van der Waals surface area contributed by atoms with E-state index < -0.39 is 0 Å². The number of benzene rings is 3. The maximum absolute atomic E-state index is 12.4. The number of nitrogens with one attached hydrogen (secondary N) is 3. The second-order valence-corrected chi connectivity index (χ2v) is 8.46. The maximum Gasteiger partial charge on any atom is 0.275 e. The first-order chi connectivity index (χ1) is 15.2. The molecule has 0 aromatic heterocycles. The zero-order valence-electron chi connectivity index (χ0n) is 17.7. The van der Waals surface area contributed by atoms with E-state index in [0.29, 0.717) is 13.1 Å². The van der Waals surface area contributed by atoms with Gasteiger partial charge in [-0.2, -0.15) is 0 Å². The third-order valence-electron chi connectivity index (χ3n) is 6.32. The summed E-state index contributed by atoms with van der Waals surface area (Å²) in [6.45, 7) is 6.60. The Morgan fingerprint density at radius 3 is 2.55 bits per heavy atom. The number of amides is 1. The van der Waals surface area contributed by atoms with E-state index in [0.717, 1.165) is 49.8 Å². The molecular formula is C25H29N3O3+2. The van der Waals surface area contributed by atoms with Crippen LogP contribution >= 0.6 is 0 Å². The fraction of sp³-hybridized carbons (Fsp3) is 0.320. The van der Waals surface area contributed by atoms with E-state index in [2.05, 4.69) is 47.8 Å². The highest BCUT2D eigenvalue weighted by Crippen LogP contribution is 2.32. The molecule has 1 amide bonds. The van der Waals surface area contributed by atoms with Crippen molar-refractivity contribution < 1.29 is 24.1 Å². The van der Waals surface area contributed by atoms with Crippen molar-refractivity contribution in [2.24, 2.45) is 0 Å². The Kier molecular flexibility index (Phi) is 5.74. The Morgan fingerprint density at radius 1 is 0.871 bits per heavy atom. The summed E-state index contributed by atoms with van der Waals surface area (Å²) in [4.78, 5) is 15.4. The highest BCUT2D eigenvalue weighted by molar-refractivity contribution is 5.85. The lowest BCUT2D eigenvalue weighted by Crippen LogP contribution is -3.28. The fourth-order valence-electron chi connectivity index (χ4n) is 4.57. The van der Waals surface area contributed by atoms with Gasteiger partial charge >= 0.3 is 0 Å². The molecule has 2 heterocycles. The van der Waals surface area contributed by atoms with Gasteiger partial charge in [-0.1, -0.05) is 48.5 Å². The van der Waals surface area contributed by atoms with E-state index in [9.17, 15) is 4.79 Å². The van der Waals surface area contributed by atoms with Gasteiger partial charge in [0.05, 0.1) is 0 Å². The van der Waals surface area contributed by atoms with Gasteiger partial charge in [0.1, 0.15) is 32.7 Å². The second kappa shape index (κ2) is 8.96. The van der Waals surface area contributed by atoms with E-state index >= 15 is 0 Å². The first-order valence-electron chi connectivity index (χ1n) is 11.0. The number of ether oxygens (including phenoxy) is 2. The summed E-state index contributed by atoms with van der Waals surface area (Å²) in [5, 5.41) is 5.71. The van der Waals surface area contributed by atoms with Crippen LogP contribution in [0.25, 0.3) is 10.8 Å². The van der Waals surface area contributed by atoms with Crippen molar-refractivity contribution in [3.63, 3.8) is 0 Å². The fourth-order valence-corrected chi connectivity index (χ4v) is 4.57. The van der Waals surface area contributed by atoms with Gasteiger partial charge in [0.25, 0.3) is 5.91 Å². The predicted molar refractivity (Wildman–Crippen MR) is 118 cm³/mol. The molecule has 6 heteroatoms. The molecule has 0 bridgehead atoms. The summed E-state index contributed by atoms with van der Waals surface area (Å²) in [6.07, 6.45) is 0. The molecule has 0 saturated carbocycles. The average molecular weight is 420 g/mol. The second-order valence-electron chi connectivity index (χ2n) is 8.46. The molecule has 3 aromatic carbocycles. The van der Waals surface area contributed by atoms with Crippen LogP contribution in [0.4, 0.5) is 0 Å². The van der Waals surface area contributed by atoms with Crippen molar-refractivity contribution in [2.75, 3.05) is 39.5 Å². The largest absolute Gasteiger partial charge is 0.454 e. The number of quaternary nitrogens is 2. The zero-order valence-corrected chi connectivity index (χ0v) is 17.7. The molecule has 31 heavy (non-hydrogen) atoms. The van der Waals surface area contributed by atoms with E-state index in [-0.39, 0.29) is 12.7 Å². The van der Waals surface area contributed by atoms with Gasteiger partial charge in [-0.05, 0) is 28.5 Å². The molecule has 0 spiro atoms. The van der Waals surface area contributed by atoms with Crippen LogP contribution in [0.15, 0.2) is 60.7 Å². The zero-order chi connectivity index (χ0) is 21.0. The van der Waals surface area contributed by atoms with Crippen LogP contribution in [0.2, 0.25) is 0 Å². The molecule has 3 N–H and O–H groups in total. The first kappa shape index (κ1) is 19.8.